The molecule has 2 bridgehead atoms. The van der Waals surface area contributed by atoms with Gasteiger partial charge in [0.25, 0.3) is 0 Å². The van der Waals surface area contributed by atoms with Gasteiger partial charge in [-0.3, -0.25) is 14.4 Å². The molecule has 1 amide bonds. The zero-order valence-electron chi connectivity index (χ0n) is 20.8. The van der Waals surface area contributed by atoms with Gasteiger partial charge in [0.1, 0.15) is 0 Å². The van der Waals surface area contributed by atoms with Crippen molar-refractivity contribution in [1.82, 2.24) is 20.0 Å². The average Bonchev–Trinajstić information content (AvgIpc) is 3.29. The van der Waals surface area contributed by atoms with Gasteiger partial charge in [0.05, 0.1) is 19.9 Å². The van der Waals surface area contributed by atoms with Crippen LogP contribution in [-0.4, -0.2) is 60.5 Å². The van der Waals surface area contributed by atoms with E-state index in [9.17, 15) is 4.79 Å². The molecule has 4 fully saturated rings. The SMILES string of the molecule is COc1ccc(-c2cc(C3CN4CCC3CC4CNC(=O)C3CCCCC3)n(C)n2)cc1OC. The Morgan fingerprint density at radius 3 is 2.59 bits per heavy atom. The first kappa shape index (κ1) is 23.2. The lowest BCUT2D eigenvalue weighted by Crippen LogP contribution is -2.56. The molecule has 1 aromatic heterocycles. The largest absolute Gasteiger partial charge is 0.493 e. The van der Waals surface area contributed by atoms with Crippen molar-refractivity contribution in [3.8, 4) is 22.8 Å². The molecule has 184 valence electrons. The minimum absolute atomic E-state index is 0.238. The van der Waals surface area contributed by atoms with Crippen molar-refractivity contribution in [3.05, 3.63) is 30.0 Å². The van der Waals surface area contributed by atoms with Gasteiger partial charge in [-0.15, -0.1) is 0 Å². The third kappa shape index (κ3) is 4.54. The Labute approximate surface area is 202 Å². The van der Waals surface area contributed by atoms with Crippen molar-refractivity contribution in [2.75, 3.05) is 33.9 Å². The number of aryl methyl sites for hydroxylation is 1. The highest BCUT2D eigenvalue weighted by atomic mass is 16.5. The summed E-state index contributed by atoms with van der Waals surface area (Å²) in [6.07, 6.45) is 8.18. The van der Waals surface area contributed by atoms with Crippen LogP contribution in [0.4, 0.5) is 0 Å². The summed E-state index contributed by atoms with van der Waals surface area (Å²) in [5, 5.41) is 8.14. The third-order valence-electron chi connectivity index (χ3n) is 8.34. The van der Waals surface area contributed by atoms with Crippen LogP contribution < -0.4 is 14.8 Å². The number of carbonyl (C=O) groups is 1. The lowest BCUT2D eigenvalue weighted by molar-refractivity contribution is -0.126. The van der Waals surface area contributed by atoms with E-state index in [1.54, 1.807) is 14.2 Å². The average molecular weight is 467 g/mol. The van der Waals surface area contributed by atoms with Crippen molar-refractivity contribution in [3.63, 3.8) is 0 Å². The van der Waals surface area contributed by atoms with Gasteiger partial charge in [-0.05, 0) is 62.4 Å². The van der Waals surface area contributed by atoms with E-state index >= 15 is 0 Å². The molecule has 0 spiro atoms. The summed E-state index contributed by atoms with van der Waals surface area (Å²) in [5.74, 6) is 3.07. The van der Waals surface area contributed by atoms with Crippen LogP contribution in [0.15, 0.2) is 24.3 Å². The molecule has 6 rings (SSSR count). The van der Waals surface area contributed by atoms with Crippen LogP contribution in [0, 0.1) is 11.8 Å². The first-order valence-electron chi connectivity index (χ1n) is 12.9. The molecule has 7 heteroatoms. The van der Waals surface area contributed by atoms with Crippen molar-refractivity contribution < 1.29 is 14.3 Å². The van der Waals surface area contributed by atoms with Gasteiger partial charge in [-0.2, -0.15) is 5.10 Å². The second-order valence-corrected chi connectivity index (χ2v) is 10.3. The molecule has 4 heterocycles. The number of piperidine rings is 3. The standard InChI is InChI=1S/C27H38N4O3/c1-30-24(15-23(29-30)20-9-10-25(33-2)26(14-20)34-3)22-17-31-12-11-19(22)13-21(31)16-28-27(32)18-7-5-4-6-8-18/h9-10,14-15,18-19,21-22H,4-8,11-13,16-17H2,1-3H3,(H,28,32). The van der Waals surface area contributed by atoms with Crippen molar-refractivity contribution in [2.24, 2.45) is 18.9 Å². The van der Waals surface area contributed by atoms with Gasteiger partial charge in [-0.1, -0.05) is 19.3 Å². The van der Waals surface area contributed by atoms with E-state index in [4.69, 9.17) is 14.6 Å². The summed E-state index contributed by atoms with van der Waals surface area (Å²) in [6.45, 7) is 2.96. The Bertz CT molecular complexity index is 1010. The highest BCUT2D eigenvalue weighted by Crippen LogP contribution is 2.42. The Balaban J connectivity index is 1.25. The van der Waals surface area contributed by atoms with E-state index in [1.165, 1.54) is 31.4 Å². The van der Waals surface area contributed by atoms with Crippen LogP contribution in [0.5, 0.6) is 11.5 Å². The molecule has 0 radical (unpaired) electrons. The van der Waals surface area contributed by atoms with E-state index in [2.05, 4.69) is 28.0 Å². The maximum atomic E-state index is 12.6. The van der Waals surface area contributed by atoms with Crippen LogP contribution in [0.1, 0.15) is 56.6 Å². The maximum Gasteiger partial charge on any atom is 0.223 e. The quantitative estimate of drug-likeness (QED) is 0.669. The number of nitrogens with one attached hydrogen (secondary N) is 1. The van der Waals surface area contributed by atoms with E-state index in [0.717, 1.165) is 55.9 Å². The number of nitrogens with zero attached hydrogens (tertiary/aromatic N) is 3. The number of ether oxygens (including phenoxy) is 2. The first-order chi connectivity index (χ1) is 16.6. The van der Waals surface area contributed by atoms with Gasteiger partial charge in [0.2, 0.25) is 5.91 Å². The van der Waals surface area contributed by atoms with Gasteiger partial charge >= 0.3 is 0 Å². The summed E-state index contributed by atoms with van der Waals surface area (Å²) in [5.41, 5.74) is 3.29. The van der Waals surface area contributed by atoms with Crippen molar-refractivity contribution in [1.29, 1.82) is 0 Å². The van der Waals surface area contributed by atoms with Crippen molar-refractivity contribution in [2.45, 2.75) is 56.9 Å². The number of hydrogen-bond acceptors (Lipinski definition) is 5. The summed E-state index contributed by atoms with van der Waals surface area (Å²) in [7, 11) is 5.37. The molecule has 4 unspecified atom stereocenters. The number of benzene rings is 1. The molecule has 1 saturated carbocycles. The van der Waals surface area contributed by atoms with Crippen LogP contribution >= 0.6 is 0 Å². The van der Waals surface area contributed by atoms with Gasteiger partial charge in [0.15, 0.2) is 11.5 Å². The topological polar surface area (TPSA) is 68.6 Å². The molecule has 3 saturated heterocycles. The smallest absolute Gasteiger partial charge is 0.223 e. The van der Waals surface area contributed by atoms with E-state index in [1.807, 2.05) is 18.2 Å². The summed E-state index contributed by atoms with van der Waals surface area (Å²) < 4.78 is 12.9. The lowest BCUT2D eigenvalue weighted by Gasteiger charge is -2.50. The zero-order chi connectivity index (χ0) is 23.7. The monoisotopic (exact) mass is 466 g/mol. The number of hydrogen-bond donors (Lipinski definition) is 1. The number of rotatable bonds is 7. The van der Waals surface area contributed by atoms with Gasteiger partial charge in [-0.25, -0.2) is 0 Å². The molecule has 4 aliphatic rings. The Hall–Kier alpha value is -2.54. The first-order valence-corrected chi connectivity index (χ1v) is 12.9. The highest BCUT2D eigenvalue weighted by Gasteiger charge is 2.42. The number of carbonyl (C=O) groups excluding carboxylic acids is 1. The number of methoxy groups -OCH3 is 2. The molecule has 34 heavy (non-hydrogen) atoms. The maximum absolute atomic E-state index is 12.6. The highest BCUT2D eigenvalue weighted by molar-refractivity contribution is 5.78. The third-order valence-corrected chi connectivity index (χ3v) is 8.34. The van der Waals surface area contributed by atoms with E-state index in [0.29, 0.717) is 23.6 Å². The van der Waals surface area contributed by atoms with E-state index in [-0.39, 0.29) is 11.8 Å². The van der Waals surface area contributed by atoms with Crippen LogP contribution in [0.2, 0.25) is 0 Å². The minimum Gasteiger partial charge on any atom is -0.493 e. The summed E-state index contributed by atoms with van der Waals surface area (Å²) >= 11 is 0. The van der Waals surface area contributed by atoms with Crippen LogP contribution in [0.3, 0.4) is 0 Å². The molecule has 1 aromatic carbocycles. The Morgan fingerprint density at radius 2 is 1.88 bits per heavy atom. The number of aromatic nitrogens is 2. The van der Waals surface area contributed by atoms with Gasteiger partial charge in [0, 0.05) is 49.3 Å². The molecule has 1 aliphatic carbocycles. The summed E-state index contributed by atoms with van der Waals surface area (Å²) in [4.78, 5) is 15.2. The predicted molar refractivity (Wildman–Crippen MR) is 132 cm³/mol. The molecule has 2 aromatic rings. The van der Waals surface area contributed by atoms with Gasteiger partial charge < -0.3 is 14.8 Å². The second-order valence-electron chi connectivity index (χ2n) is 10.3. The molecular formula is C27H38N4O3. The van der Waals surface area contributed by atoms with E-state index < -0.39 is 0 Å². The van der Waals surface area contributed by atoms with Crippen LogP contribution in [0.25, 0.3) is 11.3 Å². The normalized spacial score (nSPS) is 26.9. The Morgan fingerprint density at radius 1 is 1.09 bits per heavy atom. The fourth-order valence-corrected chi connectivity index (χ4v) is 6.38. The number of amides is 1. The molecule has 3 aliphatic heterocycles. The molecule has 4 atom stereocenters. The minimum atomic E-state index is 0.238. The lowest BCUT2D eigenvalue weighted by atomic mass is 9.74. The second kappa shape index (κ2) is 9.98. The van der Waals surface area contributed by atoms with Crippen LogP contribution in [-0.2, 0) is 11.8 Å². The Kier molecular flexibility index (Phi) is 6.82. The fraction of sp³-hybridized carbons (Fsp3) is 0.630. The molecule has 7 nitrogen and oxygen atoms in total. The molecular weight excluding hydrogens is 428 g/mol. The zero-order valence-corrected chi connectivity index (χ0v) is 20.8. The predicted octanol–water partition coefficient (Wildman–Crippen LogP) is 3.98. The summed E-state index contributed by atoms with van der Waals surface area (Å²) in [6, 6.07) is 8.67. The molecule has 1 N–H and O–H groups in total. The van der Waals surface area contributed by atoms with Crippen molar-refractivity contribution >= 4 is 5.91 Å². The fourth-order valence-electron chi connectivity index (χ4n) is 6.38. The number of fused-ring (bicyclic) bond motifs is 3.